The summed E-state index contributed by atoms with van der Waals surface area (Å²) in [6.45, 7) is 1.64. The Labute approximate surface area is 100 Å². The predicted molar refractivity (Wildman–Crippen MR) is 67.0 cm³/mol. The molecule has 0 bridgehead atoms. The van der Waals surface area contributed by atoms with Gasteiger partial charge >= 0.3 is 5.97 Å². The molecule has 1 rings (SSSR count). The number of aliphatic hydroxyl groups excluding tert-OH is 1. The lowest BCUT2D eigenvalue weighted by molar-refractivity contribution is -0.135. The molecule has 0 aromatic heterocycles. The molecule has 0 saturated heterocycles. The molecule has 0 aliphatic heterocycles. The number of hydrogen-bond donors (Lipinski definition) is 1. The molecule has 0 heterocycles. The van der Waals surface area contributed by atoms with Crippen molar-refractivity contribution in [2.75, 3.05) is 14.2 Å². The third-order valence-corrected chi connectivity index (χ3v) is 2.37. The fourth-order valence-electron chi connectivity index (χ4n) is 1.37. The smallest absolute Gasteiger partial charge is 0.343 e. The fraction of sp³-hybridized carbons (Fsp3) is 0.231. The summed E-state index contributed by atoms with van der Waals surface area (Å²) >= 11 is 0. The number of hydrogen-bond acceptors (Lipinski definition) is 4. The van der Waals surface area contributed by atoms with Crippen molar-refractivity contribution in [3.05, 3.63) is 41.5 Å². The first-order valence-corrected chi connectivity index (χ1v) is 5.12. The van der Waals surface area contributed by atoms with Crippen molar-refractivity contribution in [2.45, 2.75) is 6.92 Å². The van der Waals surface area contributed by atoms with E-state index in [4.69, 9.17) is 0 Å². The van der Waals surface area contributed by atoms with E-state index in [0.717, 1.165) is 0 Å². The number of nitrogens with zero attached hydrogens (tertiary/aromatic N) is 1. The van der Waals surface area contributed by atoms with Crippen LogP contribution in [0.3, 0.4) is 0 Å². The molecular weight excluding hydrogens is 218 g/mol. The number of carbonyl (C=O) groups is 1. The Hall–Kier alpha value is -2.10. The number of esters is 1. The highest BCUT2D eigenvalue weighted by atomic mass is 16.5. The van der Waals surface area contributed by atoms with E-state index in [1.807, 2.05) is 6.07 Å². The van der Waals surface area contributed by atoms with Crippen molar-refractivity contribution in [3.63, 3.8) is 0 Å². The van der Waals surface area contributed by atoms with Crippen LogP contribution >= 0.6 is 0 Å². The summed E-state index contributed by atoms with van der Waals surface area (Å²) in [5.74, 6) is -0.727. The van der Waals surface area contributed by atoms with Gasteiger partial charge in [0, 0.05) is 18.3 Å². The van der Waals surface area contributed by atoms with Gasteiger partial charge in [-0.3, -0.25) is 4.99 Å². The molecule has 1 aromatic carbocycles. The van der Waals surface area contributed by atoms with Crippen molar-refractivity contribution < 1.29 is 14.6 Å². The Balaban J connectivity index is 3.34. The Bertz CT molecular complexity index is 461. The molecule has 0 aliphatic carbocycles. The molecule has 0 unspecified atom stereocenters. The van der Waals surface area contributed by atoms with Crippen LogP contribution in [0.5, 0.6) is 0 Å². The Morgan fingerprint density at radius 3 is 2.35 bits per heavy atom. The van der Waals surface area contributed by atoms with Crippen molar-refractivity contribution in [1.82, 2.24) is 0 Å². The van der Waals surface area contributed by atoms with Gasteiger partial charge < -0.3 is 9.84 Å². The average molecular weight is 233 g/mol. The van der Waals surface area contributed by atoms with Gasteiger partial charge in [0.05, 0.1) is 7.11 Å². The molecule has 1 aromatic rings. The van der Waals surface area contributed by atoms with E-state index < -0.39 is 5.97 Å². The van der Waals surface area contributed by atoms with Crippen LogP contribution in [0.2, 0.25) is 0 Å². The van der Waals surface area contributed by atoms with E-state index in [1.165, 1.54) is 7.11 Å². The molecule has 0 spiro atoms. The van der Waals surface area contributed by atoms with Gasteiger partial charge in [-0.15, -0.1) is 0 Å². The number of aliphatic imine (C=N–C) groups is 1. The molecule has 90 valence electrons. The molecule has 0 amide bonds. The number of carbonyl (C=O) groups excluding carboxylic acids is 1. The summed E-state index contributed by atoms with van der Waals surface area (Å²) in [4.78, 5) is 15.5. The van der Waals surface area contributed by atoms with Gasteiger partial charge in [-0.25, -0.2) is 4.79 Å². The molecular formula is C13H15NO3. The molecule has 0 atom stereocenters. The number of benzene rings is 1. The van der Waals surface area contributed by atoms with E-state index in [9.17, 15) is 9.90 Å². The van der Waals surface area contributed by atoms with Crippen LogP contribution in [0.25, 0.3) is 5.76 Å². The van der Waals surface area contributed by atoms with E-state index in [-0.39, 0.29) is 11.3 Å². The van der Waals surface area contributed by atoms with E-state index >= 15 is 0 Å². The molecule has 4 heteroatoms. The summed E-state index contributed by atoms with van der Waals surface area (Å²) in [5.41, 5.74) is 1.07. The van der Waals surface area contributed by atoms with Gasteiger partial charge in [0.1, 0.15) is 11.3 Å². The number of rotatable bonds is 3. The van der Waals surface area contributed by atoms with E-state index in [1.54, 1.807) is 38.2 Å². The van der Waals surface area contributed by atoms with Gasteiger partial charge in [-0.2, -0.15) is 0 Å². The quantitative estimate of drug-likeness (QED) is 0.377. The lowest BCUT2D eigenvalue weighted by Gasteiger charge is -2.08. The largest absolute Gasteiger partial charge is 0.506 e. The van der Waals surface area contributed by atoms with Gasteiger partial charge in [-0.1, -0.05) is 30.3 Å². The number of ether oxygens (including phenoxy) is 1. The van der Waals surface area contributed by atoms with Crippen molar-refractivity contribution in [3.8, 4) is 0 Å². The summed E-state index contributed by atoms with van der Waals surface area (Å²) in [5, 5.41) is 10.1. The highest BCUT2D eigenvalue weighted by Gasteiger charge is 2.19. The summed E-state index contributed by atoms with van der Waals surface area (Å²) in [6.07, 6.45) is 0. The summed E-state index contributed by atoms with van der Waals surface area (Å²) < 4.78 is 4.64. The summed E-state index contributed by atoms with van der Waals surface area (Å²) in [6, 6.07) is 8.80. The first-order valence-electron chi connectivity index (χ1n) is 5.12. The van der Waals surface area contributed by atoms with Gasteiger partial charge in [0.15, 0.2) is 0 Å². The molecule has 0 aliphatic rings. The standard InChI is InChI=1S/C13H15NO3/c1-9(14-2)11(13(16)17-3)12(15)10-7-5-4-6-8-10/h4-8,15H,1-3H3/b12-11-,14-9?. The highest BCUT2D eigenvalue weighted by Crippen LogP contribution is 2.18. The highest BCUT2D eigenvalue weighted by molar-refractivity contribution is 6.23. The van der Waals surface area contributed by atoms with E-state index in [0.29, 0.717) is 11.3 Å². The molecule has 1 N–H and O–H groups in total. The second-order valence-corrected chi connectivity index (χ2v) is 3.39. The van der Waals surface area contributed by atoms with Crippen molar-refractivity contribution in [2.24, 2.45) is 4.99 Å². The van der Waals surface area contributed by atoms with Crippen molar-refractivity contribution in [1.29, 1.82) is 0 Å². The minimum Gasteiger partial charge on any atom is -0.506 e. The second kappa shape index (κ2) is 5.84. The topological polar surface area (TPSA) is 58.9 Å². The van der Waals surface area contributed by atoms with Gasteiger partial charge in [0.25, 0.3) is 0 Å². The first-order chi connectivity index (χ1) is 8.11. The summed E-state index contributed by atoms with van der Waals surface area (Å²) in [7, 11) is 2.82. The molecule has 0 radical (unpaired) electrons. The molecule has 4 nitrogen and oxygen atoms in total. The normalized spacial score (nSPS) is 13.0. The van der Waals surface area contributed by atoms with Crippen LogP contribution in [-0.2, 0) is 9.53 Å². The first kappa shape index (κ1) is 13.0. The SMILES string of the molecule is CN=C(C)/C(C(=O)OC)=C(/O)c1ccccc1. The third kappa shape index (κ3) is 2.93. The van der Waals surface area contributed by atoms with Crippen molar-refractivity contribution >= 4 is 17.4 Å². The lowest BCUT2D eigenvalue weighted by atomic mass is 10.1. The minimum absolute atomic E-state index is 0.0844. The van der Waals surface area contributed by atoms with Crippen LogP contribution in [0.1, 0.15) is 12.5 Å². The zero-order valence-corrected chi connectivity index (χ0v) is 10.1. The Morgan fingerprint density at radius 1 is 1.29 bits per heavy atom. The van der Waals surface area contributed by atoms with Crippen LogP contribution < -0.4 is 0 Å². The molecule has 17 heavy (non-hydrogen) atoms. The maximum atomic E-state index is 11.6. The van der Waals surface area contributed by atoms with Crippen LogP contribution in [0.15, 0.2) is 40.9 Å². The van der Waals surface area contributed by atoms with Crippen LogP contribution in [0.4, 0.5) is 0 Å². The average Bonchev–Trinajstić information content (AvgIpc) is 2.39. The fourth-order valence-corrected chi connectivity index (χ4v) is 1.37. The Kier molecular flexibility index (Phi) is 4.46. The molecule has 0 saturated carbocycles. The number of aliphatic hydroxyl groups is 1. The van der Waals surface area contributed by atoms with Crippen LogP contribution in [0, 0.1) is 0 Å². The van der Waals surface area contributed by atoms with Gasteiger partial charge in [0.2, 0.25) is 0 Å². The lowest BCUT2D eigenvalue weighted by Crippen LogP contribution is -2.14. The number of methoxy groups -OCH3 is 1. The molecule has 0 fully saturated rings. The second-order valence-electron chi connectivity index (χ2n) is 3.39. The van der Waals surface area contributed by atoms with E-state index in [2.05, 4.69) is 9.73 Å². The van der Waals surface area contributed by atoms with Gasteiger partial charge in [-0.05, 0) is 6.92 Å². The minimum atomic E-state index is -0.602. The third-order valence-electron chi connectivity index (χ3n) is 2.37. The maximum Gasteiger partial charge on any atom is 0.343 e. The zero-order valence-electron chi connectivity index (χ0n) is 10.1. The predicted octanol–water partition coefficient (Wildman–Crippen LogP) is 2.22. The zero-order chi connectivity index (χ0) is 12.8. The van der Waals surface area contributed by atoms with Crippen LogP contribution in [-0.4, -0.2) is 30.9 Å². The maximum absolute atomic E-state index is 11.6. The monoisotopic (exact) mass is 233 g/mol. The Morgan fingerprint density at radius 2 is 1.88 bits per heavy atom.